The van der Waals surface area contributed by atoms with E-state index in [2.05, 4.69) is 62.1 Å². The fraction of sp³-hybridized carbons (Fsp3) is 0.474. The Hall–Kier alpha value is -1.38. The zero-order chi connectivity index (χ0) is 14.8. The zero-order valence-electron chi connectivity index (χ0n) is 13.3. The molecule has 1 heterocycles. The lowest BCUT2D eigenvalue weighted by Gasteiger charge is -2.33. The Morgan fingerprint density at radius 2 is 1.90 bits per heavy atom. The molecule has 2 heteroatoms. The summed E-state index contributed by atoms with van der Waals surface area (Å²) in [6, 6.07) is 14.0. The lowest BCUT2D eigenvalue weighted by atomic mass is 9.93. The van der Waals surface area contributed by atoms with Gasteiger partial charge in [0.25, 0.3) is 0 Å². The average molecular weight is 283 g/mol. The minimum absolute atomic E-state index is 0.502. The van der Waals surface area contributed by atoms with Crippen molar-refractivity contribution >= 4 is 10.8 Å². The molecular formula is C19H25NO. The molecule has 1 aliphatic rings. The highest BCUT2D eigenvalue weighted by Crippen LogP contribution is 2.29. The van der Waals surface area contributed by atoms with Crippen LogP contribution in [0.5, 0.6) is 0 Å². The summed E-state index contributed by atoms with van der Waals surface area (Å²) in [4.78, 5) is 2.53. The summed E-state index contributed by atoms with van der Waals surface area (Å²) in [7, 11) is 0. The van der Waals surface area contributed by atoms with Crippen LogP contribution in [0.2, 0.25) is 0 Å². The Morgan fingerprint density at radius 3 is 2.62 bits per heavy atom. The second-order valence-electron chi connectivity index (χ2n) is 6.41. The molecule has 1 saturated heterocycles. The fourth-order valence-corrected chi connectivity index (χ4v) is 3.24. The van der Waals surface area contributed by atoms with E-state index in [0.717, 1.165) is 26.3 Å². The molecule has 0 aromatic heterocycles. The summed E-state index contributed by atoms with van der Waals surface area (Å²) in [6.07, 6.45) is 0. The highest BCUT2D eigenvalue weighted by Gasteiger charge is 2.19. The van der Waals surface area contributed by atoms with Crippen LogP contribution in [-0.4, -0.2) is 30.7 Å². The van der Waals surface area contributed by atoms with Crippen molar-refractivity contribution in [2.75, 3.05) is 19.8 Å². The second kappa shape index (κ2) is 6.17. The molecule has 2 aromatic carbocycles. The predicted octanol–water partition coefficient (Wildman–Crippen LogP) is 4.18. The first-order valence-electron chi connectivity index (χ1n) is 7.99. The lowest BCUT2D eigenvalue weighted by molar-refractivity contribution is -0.00418. The molecular weight excluding hydrogens is 258 g/mol. The number of nitrogens with zero attached hydrogens (tertiary/aromatic N) is 1. The Morgan fingerprint density at radius 1 is 1.14 bits per heavy atom. The molecule has 3 rings (SSSR count). The molecule has 2 nitrogen and oxygen atoms in total. The molecule has 1 atom stereocenters. The minimum atomic E-state index is 0.502. The molecule has 1 aliphatic heterocycles. The van der Waals surface area contributed by atoms with Crippen molar-refractivity contribution < 1.29 is 4.74 Å². The van der Waals surface area contributed by atoms with Gasteiger partial charge in [-0.05, 0) is 34.7 Å². The van der Waals surface area contributed by atoms with Gasteiger partial charge in [-0.3, -0.25) is 4.90 Å². The topological polar surface area (TPSA) is 12.5 Å². The van der Waals surface area contributed by atoms with Gasteiger partial charge in [0.1, 0.15) is 0 Å². The number of fused-ring (bicyclic) bond motifs is 1. The van der Waals surface area contributed by atoms with Gasteiger partial charge in [-0.15, -0.1) is 0 Å². The van der Waals surface area contributed by atoms with E-state index in [1.807, 2.05) is 0 Å². The number of ether oxygens (including phenoxy) is 1. The summed E-state index contributed by atoms with van der Waals surface area (Å²) >= 11 is 0. The highest BCUT2D eigenvalue weighted by molar-refractivity contribution is 5.89. The largest absolute Gasteiger partial charge is 0.379 e. The van der Waals surface area contributed by atoms with Crippen LogP contribution in [0.4, 0.5) is 0 Å². The molecule has 0 aliphatic carbocycles. The van der Waals surface area contributed by atoms with Gasteiger partial charge < -0.3 is 4.74 Å². The van der Waals surface area contributed by atoms with Crippen LogP contribution in [0.1, 0.15) is 37.8 Å². The van der Waals surface area contributed by atoms with Gasteiger partial charge in [0.2, 0.25) is 0 Å². The molecule has 2 aromatic rings. The molecule has 0 spiro atoms. The van der Waals surface area contributed by atoms with Crippen LogP contribution < -0.4 is 0 Å². The fourth-order valence-electron chi connectivity index (χ4n) is 3.24. The SMILES string of the molecule is CC(C)c1ccc(CN2CCOCC2C)c2ccccc12. The van der Waals surface area contributed by atoms with Crippen molar-refractivity contribution in [3.05, 3.63) is 47.5 Å². The van der Waals surface area contributed by atoms with E-state index in [1.165, 1.54) is 21.9 Å². The molecule has 112 valence electrons. The summed E-state index contributed by atoms with van der Waals surface area (Å²) in [5.41, 5.74) is 2.88. The second-order valence-corrected chi connectivity index (χ2v) is 6.41. The van der Waals surface area contributed by atoms with E-state index in [0.29, 0.717) is 12.0 Å². The predicted molar refractivity (Wildman–Crippen MR) is 88.7 cm³/mol. The van der Waals surface area contributed by atoms with Crippen molar-refractivity contribution in [2.45, 2.75) is 39.3 Å². The monoisotopic (exact) mass is 283 g/mol. The number of hydrogen-bond acceptors (Lipinski definition) is 2. The van der Waals surface area contributed by atoms with E-state index in [-0.39, 0.29) is 0 Å². The maximum absolute atomic E-state index is 5.55. The molecule has 0 amide bonds. The van der Waals surface area contributed by atoms with E-state index >= 15 is 0 Å². The van der Waals surface area contributed by atoms with Gasteiger partial charge in [-0.2, -0.15) is 0 Å². The Balaban J connectivity index is 1.97. The van der Waals surface area contributed by atoms with Crippen molar-refractivity contribution in [3.8, 4) is 0 Å². The smallest absolute Gasteiger partial charge is 0.0619 e. The summed E-state index contributed by atoms with van der Waals surface area (Å²) < 4.78 is 5.55. The number of benzene rings is 2. The third-order valence-corrected chi connectivity index (χ3v) is 4.55. The van der Waals surface area contributed by atoms with E-state index in [1.54, 1.807) is 0 Å². The van der Waals surface area contributed by atoms with Crippen LogP contribution in [0.15, 0.2) is 36.4 Å². The van der Waals surface area contributed by atoms with Crippen LogP contribution >= 0.6 is 0 Å². The van der Waals surface area contributed by atoms with E-state index in [4.69, 9.17) is 4.74 Å². The third-order valence-electron chi connectivity index (χ3n) is 4.55. The van der Waals surface area contributed by atoms with Gasteiger partial charge in [-0.25, -0.2) is 0 Å². The Kier molecular flexibility index (Phi) is 4.27. The van der Waals surface area contributed by atoms with Crippen molar-refractivity contribution in [2.24, 2.45) is 0 Å². The summed E-state index contributed by atoms with van der Waals surface area (Å²) in [5, 5.41) is 2.81. The van der Waals surface area contributed by atoms with Crippen molar-refractivity contribution in [1.82, 2.24) is 4.90 Å². The van der Waals surface area contributed by atoms with E-state index in [9.17, 15) is 0 Å². The van der Waals surface area contributed by atoms with Gasteiger partial charge in [0, 0.05) is 19.1 Å². The first-order valence-corrected chi connectivity index (χ1v) is 7.99. The molecule has 21 heavy (non-hydrogen) atoms. The molecule has 0 bridgehead atoms. The van der Waals surface area contributed by atoms with Crippen molar-refractivity contribution in [1.29, 1.82) is 0 Å². The van der Waals surface area contributed by atoms with Gasteiger partial charge in [-0.1, -0.05) is 50.2 Å². The molecule has 0 radical (unpaired) electrons. The van der Waals surface area contributed by atoms with Gasteiger partial charge in [0.15, 0.2) is 0 Å². The average Bonchev–Trinajstić information content (AvgIpc) is 2.49. The summed E-state index contributed by atoms with van der Waals surface area (Å²) in [5.74, 6) is 0.561. The molecule has 0 N–H and O–H groups in total. The third kappa shape index (κ3) is 2.97. The minimum Gasteiger partial charge on any atom is -0.379 e. The van der Waals surface area contributed by atoms with E-state index < -0.39 is 0 Å². The van der Waals surface area contributed by atoms with Crippen LogP contribution in [0.3, 0.4) is 0 Å². The highest BCUT2D eigenvalue weighted by atomic mass is 16.5. The lowest BCUT2D eigenvalue weighted by Crippen LogP contribution is -2.42. The number of rotatable bonds is 3. The zero-order valence-corrected chi connectivity index (χ0v) is 13.3. The van der Waals surface area contributed by atoms with Crippen LogP contribution in [0.25, 0.3) is 10.8 Å². The maximum Gasteiger partial charge on any atom is 0.0619 e. The van der Waals surface area contributed by atoms with Crippen LogP contribution in [0, 0.1) is 0 Å². The molecule has 1 unspecified atom stereocenters. The van der Waals surface area contributed by atoms with Crippen molar-refractivity contribution in [3.63, 3.8) is 0 Å². The van der Waals surface area contributed by atoms with Gasteiger partial charge in [0.05, 0.1) is 13.2 Å². The first-order chi connectivity index (χ1) is 10.2. The molecule has 1 fully saturated rings. The van der Waals surface area contributed by atoms with Crippen LogP contribution in [-0.2, 0) is 11.3 Å². The van der Waals surface area contributed by atoms with Gasteiger partial charge >= 0.3 is 0 Å². The standard InChI is InChI=1S/C19H25NO/c1-14(2)17-9-8-16(18-6-4-5-7-19(17)18)12-20-10-11-21-13-15(20)3/h4-9,14-15H,10-13H2,1-3H3. The molecule has 0 saturated carbocycles. The Labute approximate surface area is 127 Å². The number of hydrogen-bond donors (Lipinski definition) is 0. The summed E-state index contributed by atoms with van der Waals surface area (Å²) in [6.45, 7) is 10.5. The number of morpholine rings is 1. The Bertz CT molecular complexity index is 620. The first kappa shape index (κ1) is 14.6. The maximum atomic E-state index is 5.55. The normalized spacial score (nSPS) is 20.3. The quantitative estimate of drug-likeness (QED) is 0.837.